The Morgan fingerprint density at radius 3 is 2.93 bits per heavy atom. The molecule has 3 N–H and O–H groups in total. The van der Waals surface area contributed by atoms with Crippen LogP contribution in [0, 0.1) is 0 Å². The highest BCUT2D eigenvalue weighted by Gasteiger charge is 2.07. The van der Waals surface area contributed by atoms with Gasteiger partial charge in [0, 0.05) is 6.07 Å². The monoisotopic (exact) mass is 205 g/mol. The highest BCUT2D eigenvalue weighted by Crippen LogP contribution is 1.97. The number of nitrogens with one attached hydrogen (secondary N) is 3. The number of amides is 1. The molecule has 0 atom stereocenters. The topological polar surface area (TPSA) is 104 Å². The van der Waals surface area contributed by atoms with Gasteiger partial charge in [-0.3, -0.25) is 14.9 Å². The summed E-state index contributed by atoms with van der Waals surface area (Å²) in [5.41, 5.74) is -0.167. The summed E-state index contributed by atoms with van der Waals surface area (Å²) in [6.45, 7) is 0. The molecule has 0 saturated heterocycles. The number of pyridine rings is 1. The van der Waals surface area contributed by atoms with E-state index in [0.29, 0.717) is 0 Å². The first kappa shape index (κ1) is 9.13. The van der Waals surface area contributed by atoms with Crippen molar-refractivity contribution in [3.8, 4) is 0 Å². The molecule has 1 amide bonds. The summed E-state index contributed by atoms with van der Waals surface area (Å²) in [7, 11) is 0. The molecule has 7 nitrogen and oxygen atoms in total. The molecule has 76 valence electrons. The van der Waals surface area contributed by atoms with E-state index in [-0.39, 0.29) is 17.2 Å². The minimum atomic E-state index is -0.454. The van der Waals surface area contributed by atoms with Crippen LogP contribution in [0.5, 0.6) is 0 Å². The van der Waals surface area contributed by atoms with Crippen LogP contribution in [0.25, 0.3) is 0 Å². The molecule has 2 rings (SSSR count). The van der Waals surface area contributed by atoms with Crippen molar-refractivity contribution in [2.45, 2.75) is 0 Å². The zero-order valence-corrected chi connectivity index (χ0v) is 7.52. The maximum atomic E-state index is 11.5. The molecule has 7 heteroatoms. The number of H-pyrrole nitrogens is 2. The van der Waals surface area contributed by atoms with Gasteiger partial charge < -0.3 is 4.98 Å². The summed E-state index contributed by atoms with van der Waals surface area (Å²) < 4.78 is 0. The number of aromatic amines is 2. The van der Waals surface area contributed by atoms with Crippen LogP contribution < -0.4 is 10.9 Å². The molecule has 0 fully saturated rings. The number of nitrogens with zero attached hydrogens (tertiary/aromatic N) is 2. The number of carbonyl (C=O) groups excluding carboxylic acids is 1. The smallest absolute Gasteiger partial charge is 0.274 e. The highest BCUT2D eigenvalue weighted by molar-refractivity contribution is 6.01. The first-order valence-electron chi connectivity index (χ1n) is 4.12. The van der Waals surface area contributed by atoms with Gasteiger partial charge in [0.05, 0.1) is 0 Å². The van der Waals surface area contributed by atoms with Crippen molar-refractivity contribution < 1.29 is 4.79 Å². The van der Waals surface area contributed by atoms with Crippen molar-refractivity contribution in [1.82, 2.24) is 20.2 Å². The van der Waals surface area contributed by atoms with Crippen molar-refractivity contribution in [3.05, 3.63) is 40.6 Å². The number of rotatable bonds is 2. The van der Waals surface area contributed by atoms with E-state index in [9.17, 15) is 9.59 Å². The number of anilines is 1. The minimum Gasteiger partial charge on any atom is -0.318 e. The summed E-state index contributed by atoms with van der Waals surface area (Å²) in [6.07, 6.45) is 1.27. The maximum absolute atomic E-state index is 11.5. The lowest BCUT2D eigenvalue weighted by atomic mass is 10.3. The molecule has 0 bridgehead atoms. The van der Waals surface area contributed by atoms with Crippen molar-refractivity contribution in [3.63, 3.8) is 0 Å². The van der Waals surface area contributed by atoms with Crippen LogP contribution in [0.3, 0.4) is 0 Å². The van der Waals surface area contributed by atoms with Gasteiger partial charge >= 0.3 is 0 Å². The SMILES string of the molecule is O=C(Nc1ncn[nH]1)c1cccc(=O)[nH]1. The highest BCUT2D eigenvalue weighted by atomic mass is 16.2. The van der Waals surface area contributed by atoms with Crippen LogP contribution in [-0.4, -0.2) is 26.1 Å². The van der Waals surface area contributed by atoms with Gasteiger partial charge in [0.15, 0.2) is 0 Å². The van der Waals surface area contributed by atoms with E-state index < -0.39 is 5.91 Å². The molecule has 0 aromatic carbocycles. The van der Waals surface area contributed by atoms with Crippen LogP contribution in [0.4, 0.5) is 5.95 Å². The fourth-order valence-corrected chi connectivity index (χ4v) is 1.02. The molecule has 0 aliphatic carbocycles. The van der Waals surface area contributed by atoms with Gasteiger partial charge in [-0.25, -0.2) is 5.10 Å². The molecule has 2 aromatic rings. The third-order valence-electron chi connectivity index (χ3n) is 1.66. The van der Waals surface area contributed by atoms with Crippen molar-refractivity contribution >= 4 is 11.9 Å². The largest absolute Gasteiger partial charge is 0.318 e. The molecule has 0 spiro atoms. The van der Waals surface area contributed by atoms with Gasteiger partial charge in [-0.1, -0.05) is 6.07 Å². The zero-order valence-electron chi connectivity index (χ0n) is 7.52. The minimum absolute atomic E-state index is 0.166. The Hall–Kier alpha value is -2.44. The Bertz CT molecular complexity index is 516. The Morgan fingerprint density at radius 1 is 1.40 bits per heavy atom. The predicted molar refractivity (Wildman–Crippen MR) is 51.4 cm³/mol. The fourth-order valence-electron chi connectivity index (χ4n) is 1.02. The van der Waals surface area contributed by atoms with Crippen LogP contribution in [0.1, 0.15) is 10.5 Å². The van der Waals surface area contributed by atoms with Gasteiger partial charge in [0.2, 0.25) is 11.5 Å². The second kappa shape index (κ2) is 3.74. The molecule has 15 heavy (non-hydrogen) atoms. The molecular formula is C8H7N5O2. The Balaban J connectivity index is 2.18. The molecule has 2 heterocycles. The first-order valence-corrected chi connectivity index (χ1v) is 4.12. The lowest BCUT2D eigenvalue weighted by molar-refractivity contribution is 0.102. The van der Waals surface area contributed by atoms with Gasteiger partial charge in [-0.15, -0.1) is 0 Å². The van der Waals surface area contributed by atoms with Gasteiger partial charge in [0.1, 0.15) is 12.0 Å². The van der Waals surface area contributed by atoms with E-state index in [1.165, 1.54) is 24.5 Å². The molecule has 0 aliphatic heterocycles. The summed E-state index contributed by atoms with van der Waals surface area (Å²) in [5, 5.41) is 8.46. The average molecular weight is 205 g/mol. The van der Waals surface area contributed by atoms with Gasteiger partial charge in [-0.05, 0) is 6.07 Å². The molecule has 0 aliphatic rings. The fraction of sp³-hybridized carbons (Fsp3) is 0. The van der Waals surface area contributed by atoms with Crippen LogP contribution in [0.15, 0.2) is 29.3 Å². The van der Waals surface area contributed by atoms with E-state index >= 15 is 0 Å². The van der Waals surface area contributed by atoms with E-state index in [1.807, 2.05) is 0 Å². The third-order valence-corrected chi connectivity index (χ3v) is 1.66. The Kier molecular flexibility index (Phi) is 2.28. The standard InChI is InChI=1S/C8H7N5O2/c14-6-3-1-2-5(11-6)7(15)12-8-9-4-10-13-8/h1-4H,(H,11,14)(H2,9,10,12,13,15). The Morgan fingerprint density at radius 2 is 2.27 bits per heavy atom. The van der Waals surface area contributed by atoms with Gasteiger partial charge in [0.25, 0.3) is 5.91 Å². The second-order valence-electron chi connectivity index (χ2n) is 2.72. The summed E-state index contributed by atoms with van der Waals surface area (Å²) in [4.78, 5) is 28.5. The molecule has 0 radical (unpaired) electrons. The Labute approximate surface area is 83.6 Å². The van der Waals surface area contributed by atoms with Crippen molar-refractivity contribution in [2.24, 2.45) is 0 Å². The third kappa shape index (κ3) is 2.08. The summed E-state index contributed by atoms with van der Waals surface area (Å²) >= 11 is 0. The number of hydrogen-bond donors (Lipinski definition) is 3. The van der Waals surface area contributed by atoms with Gasteiger partial charge in [-0.2, -0.15) is 10.1 Å². The molecule has 0 unspecified atom stereocenters. The zero-order chi connectivity index (χ0) is 10.7. The summed E-state index contributed by atoms with van der Waals surface area (Å²) in [5.74, 6) is -0.228. The normalized spacial score (nSPS) is 9.87. The lowest BCUT2D eigenvalue weighted by Gasteiger charge is -1.99. The van der Waals surface area contributed by atoms with Crippen molar-refractivity contribution in [1.29, 1.82) is 0 Å². The van der Waals surface area contributed by atoms with Crippen LogP contribution in [-0.2, 0) is 0 Å². The number of aromatic nitrogens is 4. The first-order chi connectivity index (χ1) is 7.25. The number of carbonyl (C=O) groups is 1. The molecule has 0 saturated carbocycles. The number of hydrogen-bond acceptors (Lipinski definition) is 4. The summed E-state index contributed by atoms with van der Waals surface area (Å²) in [6, 6.07) is 4.31. The second-order valence-corrected chi connectivity index (χ2v) is 2.72. The molecule has 2 aromatic heterocycles. The van der Waals surface area contributed by atoms with E-state index in [0.717, 1.165) is 0 Å². The van der Waals surface area contributed by atoms with Crippen LogP contribution >= 0.6 is 0 Å². The lowest BCUT2D eigenvalue weighted by Crippen LogP contribution is -2.18. The molecular weight excluding hydrogens is 198 g/mol. The van der Waals surface area contributed by atoms with E-state index in [4.69, 9.17) is 0 Å². The quantitative estimate of drug-likeness (QED) is 0.628. The van der Waals surface area contributed by atoms with E-state index in [2.05, 4.69) is 25.5 Å². The maximum Gasteiger partial charge on any atom is 0.274 e. The predicted octanol–water partition coefficient (Wildman–Crippen LogP) is -0.255. The van der Waals surface area contributed by atoms with Crippen molar-refractivity contribution in [2.75, 3.05) is 5.32 Å². The average Bonchev–Trinajstić information content (AvgIpc) is 2.70. The van der Waals surface area contributed by atoms with Crippen LogP contribution in [0.2, 0.25) is 0 Å². The van der Waals surface area contributed by atoms with E-state index in [1.54, 1.807) is 0 Å².